The van der Waals surface area contributed by atoms with Gasteiger partial charge in [0.05, 0.1) is 4.34 Å². The van der Waals surface area contributed by atoms with E-state index in [1.807, 2.05) is 6.07 Å². The number of halogens is 1. The van der Waals surface area contributed by atoms with Gasteiger partial charge < -0.3 is 10.6 Å². The zero-order valence-corrected chi connectivity index (χ0v) is 11.6. The minimum atomic E-state index is 0.855. The molecule has 1 aliphatic heterocycles. The van der Waals surface area contributed by atoms with Crippen LogP contribution in [0.15, 0.2) is 30.3 Å². The van der Waals surface area contributed by atoms with E-state index in [1.54, 1.807) is 11.3 Å². The van der Waals surface area contributed by atoms with E-state index in [4.69, 9.17) is 11.6 Å². The molecule has 0 amide bonds. The van der Waals surface area contributed by atoms with Gasteiger partial charge in [-0.05, 0) is 35.7 Å². The van der Waals surface area contributed by atoms with Crippen molar-refractivity contribution in [3.8, 4) is 0 Å². The van der Waals surface area contributed by atoms with Crippen LogP contribution in [-0.2, 0) is 19.5 Å². The first kappa shape index (κ1) is 12.0. The molecule has 2 aromatic rings. The Morgan fingerprint density at radius 3 is 3.00 bits per heavy atom. The van der Waals surface area contributed by atoms with Crippen molar-refractivity contribution < 1.29 is 0 Å². The van der Waals surface area contributed by atoms with Crippen LogP contribution in [0.25, 0.3) is 0 Å². The van der Waals surface area contributed by atoms with E-state index in [0.29, 0.717) is 0 Å². The number of nitrogens with one attached hydrogen (secondary N) is 2. The summed E-state index contributed by atoms with van der Waals surface area (Å²) in [7, 11) is 0. The van der Waals surface area contributed by atoms with Gasteiger partial charge in [-0.15, -0.1) is 11.3 Å². The van der Waals surface area contributed by atoms with Crippen LogP contribution in [0.4, 0.5) is 5.69 Å². The fourth-order valence-electron chi connectivity index (χ4n) is 2.22. The van der Waals surface area contributed by atoms with E-state index in [9.17, 15) is 0 Å². The molecular formula is C14H15ClN2S. The Morgan fingerprint density at radius 1 is 1.22 bits per heavy atom. The number of hydrogen-bond acceptors (Lipinski definition) is 3. The maximum atomic E-state index is 5.90. The lowest BCUT2D eigenvalue weighted by molar-refractivity contribution is 0.701. The molecule has 0 bridgehead atoms. The van der Waals surface area contributed by atoms with Gasteiger partial charge in [-0.25, -0.2) is 0 Å². The predicted octanol–water partition coefficient (Wildman–Crippen LogP) is 3.66. The van der Waals surface area contributed by atoms with Crippen molar-refractivity contribution in [1.29, 1.82) is 0 Å². The highest BCUT2D eigenvalue weighted by Gasteiger charge is 2.09. The first-order chi connectivity index (χ1) is 8.81. The second-order valence-electron chi connectivity index (χ2n) is 4.48. The topological polar surface area (TPSA) is 24.1 Å². The largest absolute Gasteiger partial charge is 0.384 e. The molecule has 0 saturated carbocycles. The molecule has 4 heteroatoms. The third kappa shape index (κ3) is 2.69. The van der Waals surface area contributed by atoms with Gasteiger partial charge in [0.25, 0.3) is 0 Å². The SMILES string of the molecule is Clc1ccc(CNCc2ccc3c(c2)NCC3)s1. The molecule has 0 unspecified atom stereocenters. The van der Waals surface area contributed by atoms with Crippen LogP contribution < -0.4 is 10.6 Å². The summed E-state index contributed by atoms with van der Waals surface area (Å²) in [5, 5.41) is 6.86. The molecule has 0 saturated heterocycles. The Kier molecular flexibility index (Phi) is 3.55. The maximum absolute atomic E-state index is 5.90. The molecule has 1 aromatic carbocycles. The summed E-state index contributed by atoms with van der Waals surface area (Å²) < 4.78 is 0.855. The summed E-state index contributed by atoms with van der Waals surface area (Å²) in [4.78, 5) is 1.28. The van der Waals surface area contributed by atoms with Gasteiger partial charge in [-0.1, -0.05) is 23.7 Å². The van der Waals surface area contributed by atoms with E-state index in [0.717, 1.165) is 30.4 Å². The molecule has 0 aliphatic carbocycles. The van der Waals surface area contributed by atoms with Crippen molar-refractivity contribution in [2.24, 2.45) is 0 Å². The van der Waals surface area contributed by atoms with Gasteiger partial charge in [0.15, 0.2) is 0 Å². The molecule has 2 N–H and O–H groups in total. The van der Waals surface area contributed by atoms with Crippen molar-refractivity contribution in [2.45, 2.75) is 19.5 Å². The fraction of sp³-hybridized carbons (Fsp3) is 0.286. The summed E-state index contributed by atoms with van der Waals surface area (Å²) in [5.74, 6) is 0. The average molecular weight is 279 g/mol. The van der Waals surface area contributed by atoms with Crippen molar-refractivity contribution >= 4 is 28.6 Å². The normalized spacial score (nSPS) is 13.4. The molecule has 0 atom stereocenters. The van der Waals surface area contributed by atoms with E-state index in [-0.39, 0.29) is 0 Å². The second-order valence-corrected chi connectivity index (χ2v) is 6.28. The zero-order valence-electron chi connectivity index (χ0n) is 10.0. The molecule has 3 rings (SSSR count). The molecule has 2 heterocycles. The molecule has 0 spiro atoms. The number of thiophene rings is 1. The smallest absolute Gasteiger partial charge is 0.0931 e. The molecule has 18 heavy (non-hydrogen) atoms. The van der Waals surface area contributed by atoms with Crippen LogP contribution in [0.3, 0.4) is 0 Å². The van der Waals surface area contributed by atoms with Crippen molar-refractivity contribution in [1.82, 2.24) is 5.32 Å². The van der Waals surface area contributed by atoms with Gasteiger partial charge >= 0.3 is 0 Å². The summed E-state index contributed by atoms with van der Waals surface area (Å²) >= 11 is 7.54. The fourth-order valence-corrected chi connectivity index (χ4v) is 3.28. The standard InChI is InChI=1S/C14H15ClN2S/c15-14-4-3-12(18-14)9-16-8-10-1-2-11-5-6-17-13(11)7-10/h1-4,7,16-17H,5-6,8-9H2. The van der Waals surface area contributed by atoms with Crippen molar-refractivity contribution in [3.05, 3.63) is 50.7 Å². The lowest BCUT2D eigenvalue weighted by Crippen LogP contribution is -2.11. The number of rotatable bonds is 4. The van der Waals surface area contributed by atoms with Crippen LogP contribution in [0.5, 0.6) is 0 Å². The molecule has 0 fully saturated rings. The number of benzene rings is 1. The summed E-state index contributed by atoms with van der Waals surface area (Å²) in [5.41, 5.74) is 4.06. The van der Waals surface area contributed by atoms with Crippen LogP contribution >= 0.6 is 22.9 Å². The van der Waals surface area contributed by atoms with Crippen LogP contribution in [0.2, 0.25) is 4.34 Å². The highest BCUT2D eigenvalue weighted by molar-refractivity contribution is 7.16. The molecule has 0 radical (unpaired) electrons. The highest BCUT2D eigenvalue weighted by atomic mass is 35.5. The minimum absolute atomic E-state index is 0.855. The minimum Gasteiger partial charge on any atom is -0.384 e. The first-order valence-corrected chi connectivity index (χ1v) is 7.31. The maximum Gasteiger partial charge on any atom is 0.0931 e. The van der Waals surface area contributed by atoms with Gasteiger partial charge in [0, 0.05) is 30.2 Å². The predicted molar refractivity (Wildman–Crippen MR) is 78.5 cm³/mol. The zero-order chi connectivity index (χ0) is 12.4. The van der Waals surface area contributed by atoms with E-state index in [1.165, 1.54) is 21.7 Å². The Morgan fingerprint density at radius 2 is 2.17 bits per heavy atom. The molecule has 94 valence electrons. The summed E-state index contributed by atoms with van der Waals surface area (Å²) in [6.45, 7) is 2.84. The van der Waals surface area contributed by atoms with Crippen molar-refractivity contribution in [2.75, 3.05) is 11.9 Å². The summed E-state index contributed by atoms with van der Waals surface area (Å²) in [6, 6.07) is 10.7. The highest BCUT2D eigenvalue weighted by Crippen LogP contribution is 2.23. The Bertz CT molecular complexity index is 550. The van der Waals surface area contributed by atoms with Crippen LogP contribution in [0.1, 0.15) is 16.0 Å². The average Bonchev–Trinajstić information content (AvgIpc) is 2.97. The van der Waals surface area contributed by atoms with E-state index >= 15 is 0 Å². The monoisotopic (exact) mass is 278 g/mol. The quantitative estimate of drug-likeness (QED) is 0.892. The van der Waals surface area contributed by atoms with Gasteiger partial charge in [-0.3, -0.25) is 0 Å². The number of hydrogen-bond donors (Lipinski definition) is 2. The Balaban J connectivity index is 1.57. The van der Waals surface area contributed by atoms with Gasteiger partial charge in [-0.2, -0.15) is 0 Å². The lowest BCUT2D eigenvalue weighted by Gasteiger charge is -2.06. The van der Waals surface area contributed by atoms with Gasteiger partial charge in [0.2, 0.25) is 0 Å². The Labute approximate surface area is 116 Å². The second kappa shape index (κ2) is 5.31. The summed E-state index contributed by atoms with van der Waals surface area (Å²) in [6.07, 6.45) is 1.15. The molecule has 2 nitrogen and oxygen atoms in total. The van der Waals surface area contributed by atoms with Gasteiger partial charge in [0.1, 0.15) is 0 Å². The van der Waals surface area contributed by atoms with Crippen LogP contribution in [-0.4, -0.2) is 6.54 Å². The third-order valence-electron chi connectivity index (χ3n) is 3.14. The number of fused-ring (bicyclic) bond motifs is 1. The molecule has 1 aliphatic rings. The van der Waals surface area contributed by atoms with Crippen LogP contribution in [0, 0.1) is 0 Å². The molecule has 1 aromatic heterocycles. The van der Waals surface area contributed by atoms with E-state index in [2.05, 4.69) is 34.9 Å². The van der Waals surface area contributed by atoms with Crippen molar-refractivity contribution in [3.63, 3.8) is 0 Å². The Hall–Kier alpha value is -1.03. The first-order valence-electron chi connectivity index (χ1n) is 6.12. The molecular weight excluding hydrogens is 264 g/mol. The lowest BCUT2D eigenvalue weighted by atomic mass is 10.1. The number of anilines is 1. The third-order valence-corrected chi connectivity index (χ3v) is 4.37. The van der Waals surface area contributed by atoms with E-state index < -0.39 is 0 Å².